The molecule has 6 nitrogen and oxygen atoms in total. The minimum absolute atomic E-state index is 0.0105. The maximum Gasteiger partial charge on any atom is 0.314 e. The highest BCUT2D eigenvalue weighted by Crippen LogP contribution is 2.33. The Kier molecular flexibility index (Phi) is 8.17. The third-order valence-corrected chi connectivity index (χ3v) is 9.20. The highest BCUT2D eigenvalue weighted by atomic mass is 35.5. The van der Waals surface area contributed by atoms with Crippen LogP contribution in [0.4, 0.5) is 5.69 Å². The first-order valence-corrected chi connectivity index (χ1v) is 14.3. The normalized spacial score (nSPS) is 17.7. The molecular weight excluding hydrogens is 486 g/mol. The van der Waals surface area contributed by atoms with Crippen molar-refractivity contribution in [3.05, 3.63) is 53.1 Å². The summed E-state index contributed by atoms with van der Waals surface area (Å²) < 4.78 is 33.9. The van der Waals surface area contributed by atoms with Crippen molar-refractivity contribution >= 4 is 39.2 Å². The van der Waals surface area contributed by atoms with Gasteiger partial charge in [-0.25, -0.2) is 12.7 Å². The summed E-state index contributed by atoms with van der Waals surface area (Å²) in [7, 11) is -4.18. The fourth-order valence-corrected chi connectivity index (χ4v) is 6.65. The lowest BCUT2D eigenvalue weighted by Crippen LogP contribution is -2.41. The second-order valence-corrected chi connectivity index (χ2v) is 11.8. The van der Waals surface area contributed by atoms with Crippen LogP contribution < -0.4 is 9.04 Å². The number of nitrogens with zero attached hydrogens (tertiary/aromatic N) is 1. The number of carbonyl (C=O) groups excluding carboxylic acids is 2. The van der Waals surface area contributed by atoms with E-state index in [2.05, 4.69) is 0 Å². The molecule has 0 aromatic heterocycles. The van der Waals surface area contributed by atoms with E-state index >= 15 is 0 Å². The van der Waals surface area contributed by atoms with Crippen LogP contribution in [0.2, 0.25) is 5.02 Å². The Bertz CT molecular complexity index is 1170. The molecule has 2 saturated carbocycles. The Balaban J connectivity index is 1.63. The SMILES string of the molecule is Cc1cc(S(=O)(=O)N(C(=O)C2CCCCC2)c2ccc(OC(=O)C3CCCCC3)cc2)ccc1Cl. The summed E-state index contributed by atoms with van der Waals surface area (Å²) in [6.45, 7) is 1.73. The molecule has 0 heterocycles. The van der Waals surface area contributed by atoms with Crippen LogP contribution in [0.1, 0.15) is 69.8 Å². The first-order chi connectivity index (χ1) is 16.8. The maximum absolute atomic E-state index is 13.7. The van der Waals surface area contributed by atoms with Crippen LogP contribution >= 0.6 is 11.6 Å². The number of carbonyl (C=O) groups is 2. The van der Waals surface area contributed by atoms with Crippen molar-refractivity contribution in [2.24, 2.45) is 11.8 Å². The molecule has 8 heteroatoms. The number of ether oxygens (including phenoxy) is 1. The van der Waals surface area contributed by atoms with Crippen molar-refractivity contribution in [3.63, 3.8) is 0 Å². The van der Waals surface area contributed by atoms with Gasteiger partial charge in [0, 0.05) is 10.9 Å². The number of benzene rings is 2. The third-order valence-electron chi connectivity index (χ3n) is 7.05. The van der Waals surface area contributed by atoms with E-state index in [1.54, 1.807) is 19.1 Å². The van der Waals surface area contributed by atoms with Crippen molar-refractivity contribution in [1.82, 2.24) is 0 Å². The van der Waals surface area contributed by atoms with Gasteiger partial charge in [-0.2, -0.15) is 0 Å². The van der Waals surface area contributed by atoms with Crippen LogP contribution in [0.3, 0.4) is 0 Å². The van der Waals surface area contributed by atoms with Gasteiger partial charge in [-0.3, -0.25) is 9.59 Å². The predicted octanol–water partition coefficient (Wildman–Crippen LogP) is 6.44. The summed E-state index contributed by atoms with van der Waals surface area (Å²) in [6, 6.07) is 10.6. The van der Waals surface area contributed by atoms with Gasteiger partial charge in [-0.15, -0.1) is 0 Å². The number of esters is 1. The summed E-state index contributed by atoms with van der Waals surface area (Å²) >= 11 is 6.11. The van der Waals surface area contributed by atoms with Crippen LogP contribution in [0.25, 0.3) is 0 Å². The summed E-state index contributed by atoms with van der Waals surface area (Å²) in [5, 5.41) is 0.457. The second-order valence-electron chi connectivity index (χ2n) is 9.60. The molecule has 2 aromatic rings. The molecule has 0 spiro atoms. The Morgan fingerprint density at radius 2 is 1.43 bits per heavy atom. The quantitative estimate of drug-likeness (QED) is 0.325. The highest BCUT2D eigenvalue weighted by molar-refractivity contribution is 7.93. The van der Waals surface area contributed by atoms with Crippen molar-refractivity contribution in [3.8, 4) is 5.75 Å². The number of sulfonamides is 1. The lowest BCUT2D eigenvalue weighted by atomic mass is 9.88. The molecule has 0 saturated heterocycles. The van der Waals surface area contributed by atoms with Gasteiger partial charge in [-0.1, -0.05) is 50.1 Å². The van der Waals surface area contributed by atoms with Gasteiger partial charge in [0.25, 0.3) is 10.0 Å². The standard InChI is InChI=1S/C27H32ClNO5S/c1-19-18-24(16-17-25(19)28)35(32,33)29(26(30)20-8-4-2-5-9-20)22-12-14-23(15-13-22)34-27(31)21-10-6-3-7-11-21/h12-18,20-21H,2-11H2,1H3. The molecule has 0 bridgehead atoms. The molecule has 0 N–H and O–H groups in total. The minimum Gasteiger partial charge on any atom is -0.426 e. The lowest BCUT2D eigenvalue weighted by molar-refractivity contribution is -0.140. The average Bonchev–Trinajstić information content (AvgIpc) is 2.87. The fourth-order valence-electron chi connectivity index (χ4n) is 4.97. The lowest BCUT2D eigenvalue weighted by Gasteiger charge is -2.29. The monoisotopic (exact) mass is 517 g/mol. The van der Waals surface area contributed by atoms with Crippen LogP contribution in [0.5, 0.6) is 5.75 Å². The molecule has 0 radical (unpaired) electrons. The van der Waals surface area contributed by atoms with Crippen LogP contribution in [0.15, 0.2) is 47.4 Å². The highest BCUT2D eigenvalue weighted by Gasteiger charge is 2.36. The summed E-state index contributed by atoms with van der Waals surface area (Å²) in [5.41, 5.74) is 0.841. The zero-order valence-electron chi connectivity index (χ0n) is 20.0. The van der Waals surface area contributed by atoms with Crippen molar-refractivity contribution in [2.45, 2.75) is 76.0 Å². The summed E-state index contributed by atoms with van der Waals surface area (Å²) in [5.74, 6) is -0.785. The van der Waals surface area contributed by atoms with Gasteiger partial charge in [0.1, 0.15) is 5.75 Å². The van der Waals surface area contributed by atoms with Gasteiger partial charge in [0.15, 0.2) is 0 Å². The molecule has 188 valence electrons. The van der Waals surface area contributed by atoms with Crippen LogP contribution in [-0.4, -0.2) is 20.3 Å². The molecule has 0 aliphatic heterocycles. The number of hydrogen-bond acceptors (Lipinski definition) is 5. The van der Waals surface area contributed by atoms with E-state index < -0.39 is 15.9 Å². The van der Waals surface area contributed by atoms with Crippen molar-refractivity contribution in [2.75, 3.05) is 4.31 Å². The van der Waals surface area contributed by atoms with E-state index in [-0.39, 0.29) is 28.4 Å². The topological polar surface area (TPSA) is 80.8 Å². The van der Waals surface area contributed by atoms with E-state index in [1.807, 2.05) is 0 Å². The number of hydrogen-bond donors (Lipinski definition) is 0. The van der Waals surface area contributed by atoms with Crippen molar-refractivity contribution in [1.29, 1.82) is 0 Å². The van der Waals surface area contributed by atoms with E-state index in [4.69, 9.17) is 16.3 Å². The van der Waals surface area contributed by atoms with Crippen LogP contribution in [-0.2, 0) is 19.6 Å². The largest absolute Gasteiger partial charge is 0.426 e. The third kappa shape index (κ3) is 5.89. The van der Waals surface area contributed by atoms with E-state index in [0.717, 1.165) is 55.7 Å². The fraction of sp³-hybridized carbons (Fsp3) is 0.481. The summed E-state index contributed by atoms with van der Waals surface area (Å²) in [6.07, 6.45) is 9.06. The number of anilines is 1. The molecule has 0 unspecified atom stereocenters. The first-order valence-electron chi connectivity index (χ1n) is 12.4. The molecule has 35 heavy (non-hydrogen) atoms. The van der Waals surface area contributed by atoms with Gasteiger partial charge < -0.3 is 4.74 Å². The Labute approximate surface area is 212 Å². The van der Waals surface area contributed by atoms with Crippen molar-refractivity contribution < 1.29 is 22.7 Å². The van der Waals surface area contributed by atoms with E-state index in [1.165, 1.54) is 30.3 Å². The molecule has 2 aliphatic rings. The molecule has 2 aromatic carbocycles. The summed E-state index contributed by atoms with van der Waals surface area (Å²) in [4.78, 5) is 26.1. The zero-order valence-corrected chi connectivity index (χ0v) is 21.6. The van der Waals surface area contributed by atoms with Gasteiger partial charge in [-0.05, 0) is 80.6 Å². The number of aryl methyl sites for hydroxylation is 1. The zero-order chi connectivity index (χ0) is 25.0. The molecule has 4 rings (SSSR count). The van der Waals surface area contributed by atoms with Crippen LogP contribution in [0, 0.1) is 18.8 Å². The second kappa shape index (κ2) is 11.1. The van der Waals surface area contributed by atoms with Gasteiger partial charge >= 0.3 is 5.97 Å². The first kappa shape index (κ1) is 25.7. The smallest absolute Gasteiger partial charge is 0.314 e. The molecule has 2 fully saturated rings. The van der Waals surface area contributed by atoms with E-state index in [0.29, 0.717) is 29.2 Å². The number of amides is 1. The Morgan fingerprint density at radius 3 is 2.00 bits per heavy atom. The molecule has 0 atom stereocenters. The average molecular weight is 518 g/mol. The maximum atomic E-state index is 13.7. The predicted molar refractivity (Wildman–Crippen MR) is 136 cm³/mol. The van der Waals surface area contributed by atoms with E-state index in [9.17, 15) is 18.0 Å². The molecular formula is C27H32ClNO5S. The van der Waals surface area contributed by atoms with Gasteiger partial charge in [0.05, 0.1) is 16.5 Å². The molecule has 1 amide bonds. The van der Waals surface area contributed by atoms with Gasteiger partial charge in [0.2, 0.25) is 5.91 Å². The minimum atomic E-state index is -4.18. The number of rotatable bonds is 6. The Hall–Kier alpha value is -2.38. The molecule has 2 aliphatic carbocycles. The Morgan fingerprint density at radius 1 is 0.857 bits per heavy atom. The number of halogens is 1.